The molecule has 1 amide bonds. The third-order valence-electron chi connectivity index (χ3n) is 1.61. The van der Waals surface area contributed by atoms with Gasteiger partial charge >= 0.3 is 5.97 Å². The number of aromatic carboxylic acids is 1. The van der Waals surface area contributed by atoms with Gasteiger partial charge < -0.3 is 10.4 Å². The monoisotopic (exact) mass is 293 g/mol. The number of nitrogens with one attached hydrogen (secondary N) is 1. The number of halogens is 1. The third kappa shape index (κ3) is 1.55. The lowest BCUT2D eigenvalue weighted by molar-refractivity contribution is -0.113. The van der Waals surface area contributed by atoms with Gasteiger partial charge in [-0.25, -0.2) is 4.79 Å². The van der Waals surface area contributed by atoms with Gasteiger partial charge in [0, 0.05) is 0 Å². The Morgan fingerprint density at radius 1 is 1.57 bits per heavy atom. The Morgan fingerprint density at radius 2 is 2.29 bits per heavy atom. The molecule has 14 heavy (non-hydrogen) atoms. The summed E-state index contributed by atoms with van der Waals surface area (Å²) in [6, 6.07) is 0. The maximum absolute atomic E-state index is 11.1. The number of carboxylic acid groups (broad SMARTS) is 1. The Kier molecular flexibility index (Phi) is 2.54. The Labute approximate surface area is 95.8 Å². The van der Waals surface area contributed by atoms with Crippen molar-refractivity contribution in [1.82, 2.24) is 0 Å². The van der Waals surface area contributed by atoms with Gasteiger partial charge in [0.1, 0.15) is 4.88 Å². The summed E-state index contributed by atoms with van der Waals surface area (Å²) in [5.74, 6) is -0.733. The van der Waals surface area contributed by atoms with E-state index in [2.05, 4.69) is 21.2 Å². The summed E-state index contributed by atoms with van der Waals surface area (Å²) in [6.45, 7) is 0. The Hall–Kier alpha value is -0.530. The number of anilines is 1. The highest BCUT2D eigenvalue weighted by Crippen LogP contribution is 2.45. The minimum absolute atomic E-state index is 0.0991. The summed E-state index contributed by atoms with van der Waals surface area (Å²) in [5, 5.41) is 11.5. The first-order chi connectivity index (χ1) is 6.59. The van der Waals surface area contributed by atoms with Crippen LogP contribution in [0.3, 0.4) is 0 Å². The zero-order valence-corrected chi connectivity index (χ0v) is 9.88. The fourth-order valence-electron chi connectivity index (χ4n) is 1.04. The second kappa shape index (κ2) is 3.56. The number of rotatable bonds is 1. The van der Waals surface area contributed by atoms with Gasteiger partial charge in [-0.3, -0.25) is 4.79 Å². The number of thioether (sulfide) groups is 1. The molecule has 1 aliphatic rings. The first-order valence-electron chi connectivity index (χ1n) is 3.58. The van der Waals surface area contributed by atoms with Gasteiger partial charge in [-0.2, -0.15) is 0 Å². The molecule has 1 aromatic heterocycles. The first-order valence-corrected chi connectivity index (χ1v) is 6.17. The number of hydrogen-bond acceptors (Lipinski definition) is 4. The molecule has 0 aromatic carbocycles. The molecule has 4 nitrogen and oxygen atoms in total. The Balaban J connectivity index is 2.51. The van der Waals surface area contributed by atoms with Gasteiger partial charge in [-0.05, 0) is 15.9 Å². The number of hydrogen-bond donors (Lipinski definition) is 2. The highest BCUT2D eigenvalue weighted by atomic mass is 79.9. The van der Waals surface area contributed by atoms with Gasteiger partial charge in [-0.15, -0.1) is 23.1 Å². The van der Waals surface area contributed by atoms with Crippen LogP contribution in [0, 0.1) is 0 Å². The fourth-order valence-corrected chi connectivity index (χ4v) is 4.03. The molecule has 0 unspecified atom stereocenters. The summed E-state index contributed by atoms with van der Waals surface area (Å²) in [5.41, 5.74) is 0.591. The molecule has 0 radical (unpaired) electrons. The van der Waals surface area contributed by atoms with Crippen molar-refractivity contribution in [3.8, 4) is 0 Å². The molecule has 74 valence electrons. The van der Waals surface area contributed by atoms with E-state index in [0.29, 0.717) is 15.9 Å². The van der Waals surface area contributed by atoms with Crippen LogP contribution in [0.2, 0.25) is 0 Å². The van der Waals surface area contributed by atoms with Crippen molar-refractivity contribution in [3.63, 3.8) is 0 Å². The summed E-state index contributed by atoms with van der Waals surface area (Å²) in [7, 11) is 0. The summed E-state index contributed by atoms with van der Waals surface area (Å²) < 4.78 is 1.31. The zero-order chi connectivity index (χ0) is 10.3. The van der Waals surface area contributed by atoms with Gasteiger partial charge in [0.05, 0.1) is 20.1 Å². The molecule has 0 aliphatic carbocycles. The maximum Gasteiger partial charge on any atom is 0.347 e. The lowest BCUT2D eigenvalue weighted by atomic mass is 10.4. The lowest BCUT2D eigenvalue weighted by Gasteiger charge is -2.11. The van der Waals surface area contributed by atoms with Crippen LogP contribution in [0.5, 0.6) is 0 Å². The number of fused-ring (bicyclic) bond motifs is 1. The molecule has 0 atom stereocenters. The van der Waals surface area contributed by atoms with Crippen LogP contribution in [0.25, 0.3) is 0 Å². The second-order valence-corrected chi connectivity index (χ2v) is 5.61. The molecule has 0 spiro atoms. The van der Waals surface area contributed by atoms with Crippen molar-refractivity contribution in [2.75, 3.05) is 11.1 Å². The van der Waals surface area contributed by atoms with Crippen LogP contribution >= 0.6 is 39.0 Å². The van der Waals surface area contributed by atoms with Crippen LogP contribution in [0.1, 0.15) is 9.67 Å². The molecule has 2 rings (SSSR count). The summed E-state index contributed by atoms with van der Waals surface area (Å²) >= 11 is 5.70. The van der Waals surface area contributed by atoms with Crippen molar-refractivity contribution in [2.24, 2.45) is 0 Å². The molecule has 2 heterocycles. The van der Waals surface area contributed by atoms with Crippen molar-refractivity contribution in [1.29, 1.82) is 0 Å². The average Bonchev–Trinajstić information content (AvgIpc) is 2.44. The molecule has 7 heteroatoms. The van der Waals surface area contributed by atoms with E-state index in [-0.39, 0.29) is 10.8 Å². The largest absolute Gasteiger partial charge is 0.477 e. The molecule has 0 saturated carbocycles. The van der Waals surface area contributed by atoms with Crippen molar-refractivity contribution in [3.05, 3.63) is 9.35 Å². The molecule has 0 saturated heterocycles. The van der Waals surface area contributed by atoms with Crippen LogP contribution in [0.4, 0.5) is 5.69 Å². The summed E-state index contributed by atoms with van der Waals surface area (Å²) in [6.07, 6.45) is 0. The van der Waals surface area contributed by atoms with Crippen LogP contribution in [-0.2, 0) is 4.79 Å². The first kappa shape index (κ1) is 10.0. The topological polar surface area (TPSA) is 66.4 Å². The molecular formula is C7H4BrNO3S2. The van der Waals surface area contributed by atoms with E-state index in [1.807, 2.05) is 0 Å². The minimum Gasteiger partial charge on any atom is -0.477 e. The van der Waals surface area contributed by atoms with Gasteiger partial charge in [0.15, 0.2) is 0 Å². The van der Waals surface area contributed by atoms with E-state index in [4.69, 9.17) is 5.11 Å². The standard InChI is InChI=1S/C7H4BrNO3S2/c8-3-4-7(13-1-2(10)9-4)14-5(3)6(11)12/h1H2,(H,9,10)(H,11,12). The summed E-state index contributed by atoms with van der Waals surface area (Å²) in [4.78, 5) is 22.1. The van der Waals surface area contributed by atoms with Crippen molar-refractivity contribution < 1.29 is 14.7 Å². The van der Waals surface area contributed by atoms with Crippen molar-refractivity contribution >= 4 is 56.6 Å². The fraction of sp³-hybridized carbons (Fsp3) is 0.143. The van der Waals surface area contributed by atoms with Gasteiger partial charge in [0.2, 0.25) is 5.91 Å². The van der Waals surface area contributed by atoms with Crippen LogP contribution in [-0.4, -0.2) is 22.7 Å². The molecule has 1 aliphatic heterocycles. The van der Waals surface area contributed by atoms with E-state index in [0.717, 1.165) is 4.21 Å². The van der Waals surface area contributed by atoms with E-state index in [1.54, 1.807) is 0 Å². The Morgan fingerprint density at radius 3 is 2.93 bits per heavy atom. The number of carbonyl (C=O) groups is 2. The molecule has 2 N–H and O–H groups in total. The van der Waals surface area contributed by atoms with Crippen LogP contribution in [0.15, 0.2) is 8.68 Å². The molecule has 0 fully saturated rings. The predicted molar refractivity (Wildman–Crippen MR) is 58.3 cm³/mol. The minimum atomic E-state index is -0.980. The van der Waals surface area contributed by atoms with E-state index in [9.17, 15) is 9.59 Å². The smallest absolute Gasteiger partial charge is 0.347 e. The van der Waals surface area contributed by atoms with E-state index < -0.39 is 5.97 Å². The van der Waals surface area contributed by atoms with E-state index >= 15 is 0 Å². The normalized spacial score (nSPS) is 14.8. The number of carbonyl (C=O) groups excluding carboxylic acids is 1. The zero-order valence-electron chi connectivity index (χ0n) is 6.67. The molecule has 0 bridgehead atoms. The van der Waals surface area contributed by atoms with Crippen LogP contribution < -0.4 is 5.32 Å². The lowest BCUT2D eigenvalue weighted by Crippen LogP contribution is -2.17. The van der Waals surface area contributed by atoms with E-state index in [1.165, 1.54) is 23.1 Å². The number of amides is 1. The van der Waals surface area contributed by atoms with Gasteiger partial charge in [-0.1, -0.05) is 0 Å². The van der Waals surface area contributed by atoms with Crippen molar-refractivity contribution in [2.45, 2.75) is 4.21 Å². The van der Waals surface area contributed by atoms with Gasteiger partial charge in [0.25, 0.3) is 0 Å². The predicted octanol–water partition coefficient (Wildman–Crippen LogP) is 2.25. The molecular weight excluding hydrogens is 290 g/mol. The number of carboxylic acids is 1. The SMILES string of the molecule is O=C1CSc2sc(C(=O)O)c(Br)c2N1. The number of thiophene rings is 1. The average molecular weight is 294 g/mol. The maximum atomic E-state index is 11.1. The molecule has 1 aromatic rings. The highest BCUT2D eigenvalue weighted by molar-refractivity contribution is 9.10. The highest BCUT2D eigenvalue weighted by Gasteiger charge is 2.25. The Bertz CT molecular complexity index is 429. The second-order valence-electron chi connectivity index (χ2n) is 2.55. The quantitative estimate of drug-likeness (QED) is 0.833. The third-order valence-corrected chi connectivity index (χ3v) is 5.11.